The van der Waals surface area contributed by atoms with Crippen LogP contribution in [0.1, 0.15) is 12.8 Å². The Morgan fingerprint density at radius 3 is 2.54 bits per heavy atom. The molecule has 0 unspecified atom stereocenters. The maximum absolute atomic E-state index is 5.51. The number of hydrogen-bond acceptors (Lipinski definition) is 3. The van der Waals surface area contributed by atoms with Gasteiger partial charge in [0.1, 0.15) is 0 Å². The molecule has 1 heterocycles. The average molecular weight is 201 g/mol. The molecule has 76 valence electrons. The van der Waals surface area contributed by atoms with Gasteiger partial charge in [-0.05, 0) is 40.0 Å². The second-order valence-electron chi connectivity index (χ2n) is 3.92. The maximum atomic E-state index is 5.51. The normalized spacial score (nSPS) is 20.8. The molecule has 1 saturated heterocycles. The molecule has 0 aliphatic carbocycles. The highest BCUT2D eigenvalue weighted by Gasteiger charge is 2.20. The molecular weight excluding hydrogens is 182 g/mol. The Morgan fingerprint density at radius 1 is 1.54 bits per heavy atom. The van der Waals surface area contributed by atoms with Crippen molar-refractivity contribution in [1.29, 1.82) is 0 Å². The van der Waals surface area contributed by atoms with E-state index in [4.69, 9.17) is 18.0 Å². The van der Waals surface area contributed by atoms with Gasteiger partial charge >= 0.3 is 0 Å². The molecule has 1 aliphatic rings. The van der Waals surface area contributed by atoms with Gasteiger partial charge in [-0.3, -0.25) is 4.90 Å². The molecule has 2 N–H and O–H groups in total. The van der Waals surface area contributed by atoms with Crippen LogP contribution in [-0.4, -0.2) is 54.6 Å². The van der Waals surface area contributed by atoms with Crippen molar-refractivity contribution in [1.82, 2.24) is 9.80 Å². The molecule has 13 heavy (non-hydrogen) atoms. The number of hydrogen-bond donors (Lipinski definition) is 1. The van der Waals surface area contributed by atoms with Crippen LogP contribution in [0, 0.1) is 0 Å². The molecule has 4 heteroatoms. The molecule has 3 nitrogen and oxygen atoms in total. The van der Waals surface area contributed by atoms with E-state index in [9.17, 15) is 0 Å². The summed E-state index contributed by atoms with van der Waals surface area (Å²) < 4.78 is 0. The molecule has 0 bridgehead atoms. The predicted molar refractivity (Wildman–Crippen MR) is 59.9 cm³/mol. The van der Waals surface area contributed by atoms with Crippen molar-refractivity contribution in [3.8, 4) is 0 Å². The van der Waals surface area contributed by atoms with E-state index in [2.05, 4.69) is 23.9 Å². The van der Waals surface area contributed by atoms with Gasteiger partial charge < -0.3 is 10.6 Å². The third-order valence-corrected chi connectivity index (χ3v) is 2.85. The van der Waals surface area contributed by atoms with Crippen molar-refractivity contribution in [2.45, 2.75) is 18.9 Å². The Hall–Kier alpha value is -0.190. The van der Waals surface area contributed by atoms with Gasteiger partial charge in [0.15, 0.2) is 0 Å². The van der Waals surface area contributed by atoms with Crippen LogP contribution in [0.5, 0.6) is 0 Å². The van der Waals surface area contributed by atoms with Gasteiger partial charge in [-0.25, -0.2) is 0 Å². The molecule has 1 rings (SSSR count). The first kappa shape index (κ1) is 10.9. The first-order chi connectivity index (χ1) is 6.09. The second kappa shape index (κ2) is 4.88. The van der Waals surface area contributed by atoms with Gasteiger partial charge in [-0.15, -0.1) is 0 Å². The summed E-state index contributed by atoms with van der Waals surface area (Å²) in [5.74, 6) is 0. The predicted octanol–water partition coefficient (Wildman–Crippen LogP) is 0.298. The standard InChI is InChI=1S/C9H19N3S/c1-11-5-3-8(4-6-11)12(2)7-9(10)13/h8H,3-7H2,1-2H3,(H2,10,13). The van der Waals surface area contributed by atoms with E-state index in [1.54, 1.807) is 0 Å². The molecule has 0 aromatic heterocycles. The fourth-order valence-electron chi connectivity index (χ4n) is 1.81. The van der Waals surface area contributed by atoms with Crippen LogP contribution >= 0.6 is 12.2 Å². The summed E-state index contributed by atoms with van der Waals surface area (Å²) in [7, 11) is 4.28. The highest BCUT2D eigenvalue weighted by molar-refractivity contribution is 7.80. The minimum Gasteiger partial charge on any atom is -0.392 e. The minimum atomic E-state index is 0.599. The van der Waals surface area contributed by atoms with Crippen LogP contribution in [0.4, 0.5) is 0 Å². The monoisotopic (exact) mass is 201 g/mol. The van der Waals surface area contributed by atoms with Crippen LogP contribution in [-0.2, 0) is 0 Å². The van der Waals surface area contributed by atoms with Gasteiger partial charge in [-0.1, -0.05) is 12.2 Å². The molecule has 0 spiro atoms. The Balaban J connectivity index is 2.31. The lowest BCUT2D eigenvalue weighted by molar-refractivity contribution is 0.158. The van der Waals surface area contributed by atoms with E-state index in [1.165, 1.54) is 25.9 Å². The lowest BCUT2D eigenvalue weighted by atomic mass is 10.0. The van der Waals surface area contributed by atoms with Crippen molar-refractivity contribution in [2.24, 2.45) is 5.73 Å². The Bertz CT molecular complexity index is 176. The van der Waals surface area contributed by atoms with Gasteiger partial charge in [0.05, 0.1) is 4.99 Å². The zero-order valence-electron chi connectivity index (χ0n) is 8.49. The summed E-state index contributed by atoms with van der Waals surface area (Å²) in [6, 6.07) is 0.665. The molecule has 0 aromatic carbocycles. The van der Waals surface area contributed by atoms with E-state index < -0.39 is 0 Å². The zero-order valence-corrected chi connectivity index (χ0v) is 9.31. The Labute approximate surface area is 85.9 Å². The summed E-state index contributed by atoms with van der Waals surface area (Å²) >= 11 is 4.89. The van der Waals surface area contributed by atoms with Gasteiger partial charge in [0, 0.05) is 12.6 Å². The Morgan fingerprint density at radius 2 is 2.08 bits per heavy atom. The maximum Gasteiger partial charge on any atom is 0.0870 e. The Kier molecular flexibility index (Phi) is 4.09. The highest BCUT2D eigenvalue weighted by Crippen LogP contribution is 2.13. The van der Waals surface area contributed by atoms with Gasteiger partial charge in [0.2, 0.25) is 0 Å². The third kappa shape index (κ3) is 3.58. The van der Waals surface area contributed by atoms with Gasteiger partial charge in [0.25, 0.3) is 0 Å². The molecule has 1 fully saturated rings. The van der Waals surface area contributed by atoms with E-state index in [-0.39, 0.29) is 0 Å². The second-order valence-corrected chi connectivity index (χ2v) is 4.44. The van der Waals surface area contributed by atoms with Crippen molar-refractivity contribution < 1.29 is 0 Å². The fraction of sp³-hybridized carbons (Fsp3) is 0.889. The van der Waals surface area contributed by atoms with Crippen LogP contribution in [0.15, 0.2) is 0 Å². The SMILES string of the molecule is CN1CCC(N(C)CC(N)=S)CC1. The van der Waals surface area contributed by atoms with Crippen molar-refractivity contribution in [3.05, 3.63) is 0 Å². The van der Waals surface area contributed by atoms with E-state index in [1.807, 2.05) is 0 Å². The topological polar surface area (TPSA) is 32.5 Å². The molecule has 1 aliphatic heterocycles. The summed E-state index contributed by atoms with van der Waals surface area (Å²) in [6.07, 6.45) is 2.46. The number of nitrogens with two attached hydrogens (primary N) is 1. The van der Waals surface area contributed by atoms with Crippen molar-refractivity contribution >= 4 is 17.2 Å². The first-order valence-corrected chi connectivity index (χ1v) is 5.17. The minimum absolute atomic E-state index is 0.599. The molecule has 0 atom stereocenters. The molecule has 0 saturated carbocycles. The van der Waals surface area contributed by atoms with Crippen LogP contribution in [0.3, 0.4) is 0 Å². The quantitative estimate of drug-likeness (QED) is 0.666. The molecule has 0 amide bonds. The highest BCUT2D eigenvalue weighted by atomic mass is 32.1. The number of nitrogens with zero attached hydrogens (tertiary/aromatic N) is 2. The van der Waals surface area contributed by atoms with Crippen molar-refractivity contribution in [3.63, 3.8) is 0 Å². The first-order valence-electron chi connectivity index (χ1n) is 4.76. The largest absolute Gasteiger partial charge is 0.392 e. The lowest BCUT2D eigenvalue weighted by Gasteiger charge is -2.34. The molecular formula is C9H19N3S. The van der Waals surface area contributed by atoms with Crippen LogP contribution in [0.2, 0.25) is 0 Å². The fourth-order valence-corrected chi connectivity index (χ4v) is 2.01. The van der Waals surface area contributed by atoms with Crippen molar-refractivity contribution in [2.75, 3.05) is 33.7 Å². The summed E-state index contributed by atoms with van der Waals surface area (Å²) in [5, 5.41) is 0. The third-order valence-electron chi connectivity index (χ3n) is 2.72. The van der Waals surface area contributed by atoms with Crippen LogP contribution in [0.25, 0.3) is 0 Å². The zero-order chi connectivity index (χ0) is 9.84. The summed E-state index contributed by atoms with van der Waals surface area (Å²) in [5.41, 5.74) is 5.51. The number of likely N-dealkylation sites (tertiary alicyclic amines) is 1. The van der Waals surface area contributed by atoms with E-state index >= 15 is 0 Å². The van der Waals surface area contributed by atoms with Crippen LogP contribution < -0.4 is 5.73 Å². The molecule has 0 aromatic rings. The summed E-state index contributed by atoms with van der Waals surface area (Å²) in [4.78, 5) is 5.24. The lowest BCUT2D eigenvalue weighted by Crippen LogP contribution is -2.44. The number of thiocarbonyl (C=S) groups is 1. The smallest absolute Gasteiger partial charge is 0.0870 e. The number of piperidine rings is 1. The van der Waals surface area contributed by atoms with Gasteiger partial charge in [-0.2, -0.15) is 0 Å². The van der Waals surface area contributed by atoms with E-state index in [0.29, 0.717) is 11.0 Å². The summed E-state index contributed by atoms with van der Waals surface area (Å²) in [6.45, 7) is 3.13. The van der Waals surface area contributed by atoms with E-state index in [0.717, 1.165) is 6.54 Å². The number of likely N-dealkylation sites (N-methyl/N-ethyl adjacent to an activating group) is 1. The molecule has 0 radical (unpaired) electrons. The average Bonchev–Trinajstić information content (AvgIpc) is 2.04. The number of rotatable bonds is 3.